The molecule has 0 bridgehead atoms. The normalized spacial score (nSPS) is 16.2. The molecular weight excluding hydrogens is 460 g/mol. The zero-order chi connectivity index (χ0) is 25.0. The van der Waals surface area contributed by atoms with Gasteiger partial charge in [-0.25, -0.2) is 4.98 Å². The van der Waals surface area contributed by atoms with E-state index in [0.29, 0.717) is 22.4 Å². The van der Waals surface area contributed by atoms with E-state index in [4.69, 9.17) is 9.40 Å². The van der Waals surface area contributed by atoms with Gasteiger partial charge in [-0.3, -0.25) is 14.5 Å². The van der Waals surface area contributed by atoms with E-state index in [9.17, 15) is 14.7 Å². The van der Waals surface area contributed by atoms with E-state index in [1.165, 1.54) is 16.2 Å². The molecule has 1 amide bonds. The molecular formula is C28H26N2O4S. The Bertz CT molecular complexity index is 1510. The first-order chi connectivity index (χ1) is 16.7. The van der Waals surface area contributed by atoms with Crippen LogP contribution < -0.4 is 4.90 Å². The molecule has 0 unspecified atom stereocenters. The molecule has 1 aliphatic heterocycles. The van der Waals surface area contributed by atoms with Crippen LogP contribution in [0.1, 0.15) is 64.4 Å². The average Bonchev–Trinajstić information content (AvgIpc) is 3.50. The van der Waals surface area contributed by atoms with Crippen LogP contribution in [-0.2, 0) is 4.79 Å². The molecule has 1 aliphatic rings. The standard InChI is InChI=1S/C28H26N2O4S/c1-14(2)18-7-9-19(10-8-18)24-22(25(31)20-11-6-17(5)34-20)26(32)27(33)30(24)28-29-23-16(4)12-15(3)13-21(23)35-28/h6-14,24,32H,1-5H3/t24-/m0/s1. The Labute approximate surface area is 207 Å². The van der Waals surface area contributed by atoms with E-state index in [1.54, 1.807) is 19.1 Å². The second-order valence-corrected chi connectivity index (χ2v) is 10.3. The molecule has 4 aromatic rings. The van der Waals surface area contributed by atoms with Gasteiger partial charge < -0.3 is 9.52 Å². The van der Waals surface area contributed by atoms with Crippen molar-refractivity contribution in [3.05, 3.63) is 93.6 Å². The lowest BCUT2D eigenvalue weighted by Crippen LogP contribution is -2.31. The highest BCUT2D eigenvalue weighted by molar-refractivity contribution is 7.22. The molecule has 178 valence electrons. The van der Waals surface area contributed by atoms with Gasteiger partial charge in [0.2, 0.25) is 5.78 Å². The van der Waals surface area contributed by atoms with Gasteiger partial charge in [-0.2, -0.15) is 0 Å². The SMILES string of the molecule is Cc1cc(C)c2nc(N3C(=O)C(O)=C(C(=O)c4ccc(C)o4)[C@@H]3c3ccc(C(C)C)cc3)sc2c1. The zero-order valence-electron chi connectivity index (χ0n) is 20.2. The minimum atomic E-state index is -0.830. The number of anilines is 1. The van der Waals surface area contributed by atoms with E-state index in [1.807, 2.05) is 50.2 Å². The van der Waals surface area contributed by atoms with Crippen LogP contribution in [0.3, 0.4) is 0 Å². The Kier molecular flexibility index (Phi) is 5.60. The van der Waals surface area contributed by atoms with Gasteiger partial charge in [-0.15, -0.1) is 0 Å². The van der Waals surface area contributed by atoms with Crippen molar-refractivity contribution in [2.45, 2.75) is 46.6 Å². The average molecular weight is 487 g/mol. The third-order valence-electron chi connectivity index (χ3n) is 6.36. The van der Waals surface area contributed by atoms with E-state index in [-0.39, 0.29) is 11.3 Å². The number of benzene rings is 2. The number of aryl methyl sites for hydroxylation is 3. The zero-order valence-corrected chi connectivity index (χ0v) is 21.1. The lowest BCUT2D eigenvalue weighted by molar-refractivity contribution is -0.117. The number of ketones is 1. The summed E-state index contributed by atoms with van der Waals surface area (Å²) < 4.78 is 6.50. The van der Waals surface area contributed by atoms with Gasteiger partial charge in [0.1, 0.15) is 5.76 Å². The van der Waals surface area contributed by atoms with Crippen LogP contribution in [0.4, 0.5) is 5.13 Å². The summed E-state index contributed by atoms with van der Waals surface area (Å²) in [6, 6.07) is 14.3. The molecule has 3 heterocycles. The lowest BCUT2D eigenvalue weighted by atomic mass is 9.93. The second-order valence-electron chi connectivity index (χ2n) is 9.33. The number of carbonyl (C=O) groups excluding carboxylic acids is 2. The van der Waals surface area contributed by atoms with E-state index in [0.717, 1.165) is 26.9 Å². The first kappa shape index (κ1) is 23.1. The monoisotopic (exact) mass is 486 g/mol. The van der Waals surface area contributed by atoms with Gasteiger partial charge >= 0.3 is 0 Å². The Balaban J connectivity index is 1.68. The van der Waals surface area contributed by atoms with Crippen LogP contribution in [0.15, 0.2) is 64.3 Å². The summed E-state index contributed by atoms with van der Waals surface area (Å²) in [4.78, 5) is 33.2. The number of furan rings is 1. The number of thiazole rings is 1. The highest BCUT2D eigenvalue weighted by Crippen LogP contribution is 2.44. The van der Waals surface area contributed by atoms with Crippen molar-refractivity contribution in [2.24, 2.45) is 0 Å². The summed E-state index contributed by atoms with van der Waals surface area (Å²) in [5, 5.41) is 11.4. The summed E-state index contributed by atoms with van der Waals surface area (Å²) >= 11 is 1.37. The second kappa shape index (κ2) is 8.50. The van der Waals surface area contributed by atoms with E-state index >= 15 is 0 Å². The maximum Gasteiger partial charge on any atom is 0.296 e. The molecule has 35 heavy (non-hydrogen) atoms. The number of hydrogen-bond donors (Lipinski definition) is 1. The van der Waals surface area contributed by atoms with Gasteiger partial charge in [0.25, 0.3) is 5.91 Å². The Hall–Kier alpha value is -3.71. The third kappa shape index (κ3) is 3.86. The van der Waals surface area contributed by atoms with Crippen molar-refractivity contribution >= 4 is 38.4 Å². The molecule has 2 aromatic heterocycles. The number of aliphatic hydroxyl groups excluding tert-OH is 1. The number of hydrogen-bond acceptors (Lipinski definition) is 6. The number of aromatic nitrogens is 1. The summed E-state index contributed by atoms with van der Waals surface area (Å²) in [5.41, 5.74) is 4.76. The van der Waals surface area contributed by atoms with Crippen molar-refractivity contribution in [3.63, 3.8) is 0 Å². The van der Waals surface area contributed by atoms with Gasteiger partial charge in [0.05, 0.1) is 21.8 Å². The van der Waals surface area contributed by atoms with Gasteiger partial charge in [-0.05, 0) is 67.1 Å². The minimum Gasteiger partial charge on any atom is -0.503 e. The number of Topliss-reactive ketones (excluding diaryl/α,β-unsaturated/α-hetero) is 1. The number of fused-ring (bicyclic) bond motifs is 1. The number of amides is 1. The highest BCUT2D eigenvalue weighted by atomic mass is 32.1. The van der Waals surface area contributed by atoms with Crippen molar-refractivity contribution in [1.82, 2.24) is 4.98 Å². The van der Waals surface area contributed by atoms with Gasteiger partial charge in [-0.1, -0.05) is 55.5 Å². The molecule has 1 atom stereocenters. The first-order valence-corrected chi connectivity index (χ1v) is 12.3. The molecule has 7 heteroatoms. The molecule has 0 saturated carbocycles. The molecule has 0 spiro atoms. The third-order valence-corrected chi connectivity index (χ3v) is 7.36. The van der Waals surface area contributed by atoms with Crippen LogP contribution in [-0.4, -0.2) is 21.8 Å². The van der Waals surface area contributed by atoms with Gasteiger partial charge in [0, 0.05) is 0 Å². The molecule has 5 rings (SSSR count). The molecule has 0 saturated heterocycles. The van der Waals surface area contributed by atoms with Crippen LogP contribution in [0.5, 0.6) is 0 Å². The topological polar surface area (TPSA) is 83.6 Å². The number of aliphatic hydroxyl groups is 1. The maximum atomic E-state index is 13.5. The number of rotatable bonds is 5. The van der Waals surface area contributed by atoms with Crippen molar-refractivity contribution in [3.8, 4) is 0 Å². The van der Waals surface area contributed by atoms with Crippen LogP contribution in [0, 0.1) is 20.8 Å². The summed E-state index contributed by atoms with van der Waals surface area (Å²) in [7, 11) is 0. The van der Waals surface area contributed by atoms with Gasteiger partial charge in [0.15, 0.2) is 16.7 Å². The molecule has 6 nitrogen and oxygen atoms in total. The largest absolute Gasteiger partial charge is 0.503 e. The molecule has 0 aliphatic carbocycles. The smallest absolute Gasteiger partial charge is 0.296 e. The molecule has 2 aromatic carbocycles. The van der Waals surface area contributed by atoms with Crippen molar-refractivity contribution < 1.29 is 19.1 Å². The van der Waals surface area contributed by atoms with E-state index in [2.05, 4.69) is 13.8 Å². The van der Waals surface area contributed by atoms with Crippen LogP contribution >= 0.6 is 11.3 Å². The Morgan fingerprint density at radius 2 is 1.80 bits per heavy atom. The quantitative estimate of drug-likeness (QED) is 0.317. The fraction of sp³-hybridized carbons (Fsp3) is 0.250. The fourth-order valence-corrected chi connectivity index (χ4v) is 5.73. The molecule has 0 fully saturated rings. The lowest BCUT2D eigenvalue weighted by Gasteiger charge is -2.24. The Morgan fingerprint density at radius 3 is 2.43 bits per heavy atom. The predicted octanol–water partition coefficient (Wildman–Crippen LogP) is 6.72. The van der Waals surface area contributed by atoms with Crippen LogP contribution in [0.25, 0.3) is 10.2 Å². The Morgan fingerprint density at radius 1 is 1.09 bits per heavy atom. The number of carbonyl (C=O) groups is 2. The van der Waals surface area contributed by atoms with Crippen molar-refractivity contribution in [1.29, 1.82) is 0 Å². The van der Waals surface area contributed by atoms with Crippen molar-refractivity contribution in [2.75, 3.05) is 4.90 Å². The maximum absolute atomic E-state index is 13.5. The van der Waals surface area contributed by atoms with E-state index < -0.39 is 23.5 Å². The summed E-state index contributed by atoms with van der Waals surface area (Å²) in [5.74, 6) is -0.755. The minimum absolute atomic E-state index is 0.00574. The van der Waals surface area contributed by atoms with Crippen LogP contribution in [0.2, 0.25) is 0 Å². The fourth-order valence-electron chi connectivity index (χ4n) is 4.56. The number of nitrogens with zero attached hydrogens (tertiary/aromatic N) is 2. The first-order valence-electron chi connectivity index (χ1n) is 11.5. The summed E-state index contributed by atoms with van der Waals surface area (Å²) in [6.07, 6.45) is 0. The summed E-state index contributed by atoms with van der Waals surface area (Å²) in [6.45, 7) is 9.94. The highest BCUT2D eigenvalue weighted by Gasteiger charge is 2.46. The predicted molar refractivity (Wildman–Crippen MR) is 137 cm³/mol. The molecule has 1 N–H and O–H groups in total. The molecule has 0 radical (unpaired) electrons.